The summed E-state index contributed by atoms with van der Waals surface area (Å²) < 4.78 is 24.6. The topological polar surface area (TPSA) is 70.5 Å². The van der Waals surface area contributed by atoms with Crippen molar-refractivity contribution in [1.29, 1.82) is 0 Å². The number of thiazole rings is 1. The number of thioether (sulfide) groups is 1. The lowest BCUT2D eigenvalue weighted by Gasteiger charge is -2.34. The van der Waals surface area contributed by atoms with E-state index in [0.717, 1.165) is 40.7 Å². The molecule has 1 fully saturated rings. The van der Waals surface area contributed by atoms with E-state index in [4.69, 9.17) is 0 Å². The van der Waals surface area contributed by atoms with Crippen molar-refractivity contribution in [3.05, 3.63) is 10.6 Å². The van der Waals surface area contributed by atoms with Crippen LogP contribution >= 0.6 is 23.1 Å². The first kappa shape index (κ1) is 15.6. The normalized spacial score (nSPS) is 26.7. The summed E-state index contributed by atoms with van der Waals surface area (Å²) in [5.41, 5.74) is 0.770. The van der Waals surface area contributed by atoms with Crippen LogP contribution in [0.3, 0.4) is 0 Å². The van der Waals surface area contributed by atoms with E-state index in [2.05, 4.69) is 4.98 Å². The maximum Gasteiger partial charge on any atom is 0.187 e. The lowest BCUT2D eigenvalue weighted by Crippen LogP contribution is -2.48. The average Bonchev–Trinajstić information content (AvgIpc) is 2.93. The molecule has 0 saturated carbocycles. The Kier molecular flexibility index (Phi) is 4.50. The Labute approximate surface area is 133 Å². The Morgan fingerprint density at radius 2 is 2.29 bits per heavy atom. The Morgan fingerprint density at radius 1 is 1.48 bits per heavy atom. The van der Waals surface area contributed by atoms with E-state index in [1.54, 1.807) is 30.0 Å². The molecule has 1 aromatic heterocycles. The molecule has 1 aliphatic carbocycles. The number of aromatic nitrogens is 1. The number of aryl methyl sites for hydroxylation is 1. The van der Waals surface area contributed by atoms with Crippen LogP contribution in [0.4, 0.5) is 5.13 Å². The molecule has 1 aromatic rings. The maximum absolute atomic E-state index is 12.3. The highest BCUT2D eigenvalue weighted by molar-refractivity contribution is 8.01. The molecular formula is C13H20N2O3S3. The third-order valence-corrected chi connectivity index (χ3v) is 8.52. The fourth-order valence-electron chi connectivity index (χ4n) is 2.80. The van der Waals surface area contributed by atoms with Gasteiger partial charge >= 0.3 is 0 Å². The third kappa shape index (κ3) is 2.95. The predicted octanol–water partition coefficient (Wildman–Crippen LogP) is 1.83. The van der Waals surface area contributed by atoms with Crippen molar-refractivity contribution in [3.63, 3.8) is 0 Å². The maximum atomic E-state index is 12.3. The van der Waals surface area contributed by atoms with Crippen LogP contribution in [0, 0.1) is 0 Å². The Hall–Kier alpha value is -0.310. The fraction of sp³-hybridized carbons (Fsp3) is 0.769. The van der Waals surface area contributed by atoms with E-state index in [9.17, 15) is 13.5 Å². The molecule has 2 atom stereocenters. The number of hydrogen-bond donors (Lipinski definition) is 1. The number of aliphatic hydroxyl groups excluding tert-OH is 1. The summed E-state index contributed by atoms with van der Waals surface area (Å²) in [6, 6.07) is 0. The summed E-state index contributed by atoms with van der Waals surface area (Å²) in [6.45, 7) is 2.40. The van der Waals surface area contributed by atoms with E-state index >= 15 is 0 Å². The zero-order valence-corrected chi connectivity index (χ0v) is 14.4. The van der Waals surface area contributed by atoms with Crippen molar-refractivity contribution in [2.24, 2.45) is 0 Å². The summed E-state index contributed by atoms with van der Waals surface area (Å²) in [7, 11) is -3.12. The number of sulfone groups is 1. The zero-order chi connectivity index (χ0) is 15.0. The highest BCUT2D eigenvalue weighted by Crippen LogP contribution is 2.38. The van der Waals surface area contributed by atoms with Gasteiger partial charge in [0, 0.05) is 28.7 Å². The fourth-order valence-corrected chi connectivity index (χ4v) is 7.06. The molecular weight excluding hydrogens is 328 g/mol. The Balaban J connectivity index is 1.94. The van der Waals surface area contributed by atoms with E-state index in [-0.39, 0.29) is 5.75 Å². The van der Waals surface area contributed by atoms with Gasteiger partial charge in [-0.2, -0.15) is 11.8 Å². The van der Waals surface area contributed by atoms with E-state index in [1.165, 1.54) is 0 Å². The number of rotatable bonds is 3. The lowest BCUT2D eigenvalue weighted by atomic mass is 10.0. The molecule has 0 aromatic carbocycles. The largest absolute Gasteiger partial charge is 0.387 e. The van der Waals surface area contributed by atoms with Gasteiger partial charge in [-0.05, 0) is 19.3 Å². The number of aliphatic hydroxyl groups is 1. The second kappa shape index (κ2) is 6.06. The first-order valence-corrected chi connectivity index (χ1v) is 10.9. The monoisotopic (exact) mass is 348 g/mol. The molecule has 118 valence electrons. The van der Waals surface area contributed by atoms with Gasteiger partial charge in [-0.1, -0.05) is 6.92 Å². The van der Waals surface area contributed by atoms with Crippen LogP contribution in [-0.4, -0.2) is 47.7 Å². The van der Waals surface area contributed by atoms with Gasteiger partial charge in [-0.3, -0.25) is 0 Å². The van der Waals surface area contributed by atoms with Crippen LogP contribution in [0.5, 0.6) is 0 Å². The van der Waals surface area contributed by atoms with Crippen molar-refractivity contribution >= 4 is 38.1 Å². The molecule has 1 aliphatic heterocycles. The van der Waals surface area contributed by atoms with Gasteiger partial charge < -0.3 is 10.0 Å². The molecule has 8 heteroatoms. The van der Waals surface area contributed by atoms with Gasteiger partial charge in [0.05, 0.1) is 11.8 Å². The second-order valence-electron chi connectivity index (χ2n) is 5.39. The van der Waals surface area contributed by atoms with Crippen molar-refractivity contribution in [3.8, 4) is 0 Å². The first-order chi connectivity index (χ1) is 10.0. The van der Waals surface area contributed by atoms with Crippen LogP contribution in [0.15, 0.2) is 0 Å². The number of hydrogen-bond acceptors (Lipinski definition) is 7. The van der Waals surface area contributed by atoms with Gasteiger partial charge in [0.1, 0.15) is 5.37 Å². The first-order valence-electron chi connectivity index (χ1n) is 7.26. The van der Waals surface area contributed by atoms with Crippen LogP contribution in [-0.2, 0) is 16.3 Å². The van der Waals surface area contributed by atoms with E-state index in [1.807, 2.05) is 4.90 Å². The standard InChI is InChI=1S/C13H20N2O3S3/c1-2-21(17,18)11-8-19-7-6-15(11)13-14-12-9(16)4-3-5-10(12)20-13/h9,11,16H,2-8H2,1H3. The van der Waals surface area contributed by atoms with Crippen LogP contribution in [0.1, 0.15) is 36.4 Å². The molecule has 3 rings (SSSR count). The highest BCUT2D eigenvalue weighted by Gasteiger charge is 2.35. The van der Waals surface area contributed by atoms with E-state index < -0.39 is 21.3 Å². The van der Waals surface area contributed by atoms with Crippen LogP contribution in [0.2, 0.25) is 0 Å². The summed E-state index contributed by atoms with van der Waals surface area (Å²) in [6.07, 6.45) is 2.18. The van der Waals surface area contributed by atoms with Crippen LogP contribution < -0.4 is 4.90 Å². The zero-order valence-electron chi connectivity index (χ0n) is 12.0. The molecule has 1 saturated heterocycles. The smallest absolute Gasteiger partial charge is 0.187 e. The van der Waals surface area contributed by atoms with Gasteiger partial charge in [0.25, 0.3) is 0 Å². The Bertz CT molecular complexity index is 614. The number of nitrogens with zero attached hydrogens (tertiary/aromatic N) is 2. The minimum atomic E-state index is -3.12. The highest BCUT2D eigenvalue weighted by atomic mass is 32.2. The van der Waals surface area contributed by atoms with Gasteiger partial charge in [-0.15, -0.1) is 11.3 Å². The summed E-state index contributed by atoms with van der Waals surface area (Å²) in [5.74, 6) is 1.67. The van der Waals surface area contributed by atoms with Crippen molar-refractivity contribution in [2.45, 2.75) is 37.7 Å². The molecule has 1 N–H and O–H groups in total. The minimum absolute atomic E-state index is 0.155. The molecule has 2 unspecified atom stereocenters. The Morgan fingerprint density at radius 3 is 3.00 bits per heavy atom. The van der Waals surface area contributed by atoms with Crippen molar-refractivity contribution in [1.82, 2.24) is 4.98 Å². The predicted molar refractivity (Wildman–Crippen MR) is 87.9 cm³/mol. The molecule has 2 aliphatic rings. The molecule has 0 radical (unpaired) electrons. The summed E-state index contributed by atoms with van der Waals surface area (Å²) in [4.78, 5) is 7.63. The van der Waals surface area contributed by atoms with Gasteiger partial charge in [-0.25, -0.2) is 13.4 Å². The van der Waals surface area contributed by atoms with Gasteiger partial charge in [0.2, 0.25) is 0 Å². The molecule has 2 heterocycles. The van der Waals surface area contributed by atoms with Crippen molar-refractivity contribution < 1.29 is 13.5 Å². The SMILES string of the molecule is CCS(=O)(=O)C1CSCCN1c1nc2c(s1)CCCC2O. The average molecular weight is 349 g/mol. The second-order valence-corrected chi connectivity index (χ2v) is 10.0. The number of anilines is 1. The van der Waals surface area contributed by atoms with E-state index in [0.29, 0.717) is 12.3 Å². The molecule has 0 bridgehead atoms. The summed E-state index contributed by atoms with van der Waals surface area (Å²) in [5, 5.41) is 10.3. The van der Waals surface area contributed by atoms with Gasteiger partial charge in [0.15, 0.2) is 15.0 Å². The van der Waals surface area contributed by atoms with Crippen LogP contribution in [0.25, 0.3) is 0 Å². The lowest BCUT2D eigenvalue weighted by molar-refractivity contribution is 0.153. The summed E-state index contributed by atoms with van der Waals surface area (Å²) >= 11 is 3.24. The molecule has 21 heavy (non-hydrogen) atoms. The third-order valence-electron chi connectivity index (χ3n) is 4.06. The molecule has 0 spiro atoms. The quantitative estimate of drug-likeness (QED) is 0.899. The molecule has 0 amide bonds. The van der Waals surface area contributed by atoms with Crippen molar-refractivity contribution in [2.75, 3.05) is 28.7 Å². The molecule has 5 nitrogen and oxygen atoms in total. The number of fused-ring (bicyclic) bond motifs is 1. The minimum Gasteiger partial charge on any atom is -0.387 e.